The van der Waals surface area contributed by atoms with Crippen LogP contribution in [-0.4, -0.2) is 40.6 Å². The molecule has 1 aliphatic rings. The Hall–Kier alpha value is -1.36. The smallest absolute Gasteiger partial charge is 0.257 e. The van der Waals surface area contributed by atoms with Gasteiger partial charge in [0.1, 0.15) is 0 Å². The summed E-state index contributed by atoms with van der Waals surface area (Å²) in [4.78, 5) is 13.8. The molecule has 0 radical (unpaired) electrons. The van der Waals surface area contributed by atoms with Gasteiger partial charge in [-0.25, -0.2) is 0 Å². The fourth-order valence-electron chi connectivity index (χ4n) is 1.92. The molecule has 0 atom stereocenters. The van der Waals surface area contributed by atoms with Crippen molar-refractivity contribution in [2.45, 2.75) is 12.8 Å². The van der Waals surface area contributed by atoms with Crippen LogP contribution >= 0.6 is 0 Å². The average Bonchev–Trinajstić information content (AvgIpc) is 2.82. The third kappa shape index (κ3) is 2.18. The van der Waals surface area contributed by atoms with Crippen molar-refractivity contribution in [2.75, 3.05) is 19.6 Å². The second kappa shape index (κ2) is 4.44. The molecular formula is C10H16N4O. The number of carbonyl (C=O) groups is 1. The van der Waals surface area contributed by atoms with E-state index in [2.05, 4.69) is 10.2 Å². The molecule has 0 aliphatic carbocycles. The number of likely N-dealkylation sites (tertiary alicyclic amines) is 1. The lowest BCUT2D eigenvalue weighted by molar-refractivity contribution is 0.0693. The van der Waals surface area contributed by atoms with Crippen LogP contribution < -0.4 is 5.73 Å². The predicted molar refractivity (Wildman–Crippen MR) is 56.3 cm³/mol. The number of amides is 1. The molecule has 2 rings (SSSR count). The van der Waals surface area contributed by atoms with Gasteiger partial charge >= 0.3 is 0 Å². The molecule has 1 amide bonds. The number of nitrogens with two attached hydrogens (primary N) is 1. The van der Waals surface area contributed by atoms with Gasteiger partial charge in [-0.05, 0) is 25.3 Å². The number of aromatic amines is 1. The lowest BCUT2D eigenvalue weighted by atomic mass is 9.97. The third-order valence-electron chi connectivity index (χ3n) is 2.98. The molecule has 15 heavy (non-hydrogen) atoms. The molecule has 82 valence electrons. The summed E-state index contributed by atoms with van der Waals surface area (Å²) in [6.45, 7) is 2.35. The van der Waals surface area contributed by atoms with Crippen molar-refractivity contribution < 1.29 is 4.79 Å². The van der Waals surface area contributed by atoms with E-state index in [1.54, 1.807) is 12.4 Å². The monoisotopic (exact) mass is 208 g/mol. The minimum Gasteiger partial charge on any atom is -0.339 e. The minimum absolute atomic E-state index is 0.0687. The van der Waals surface area contributed by atoms with Crippen LogP contribution in [0.4, 0.5) is 0 Å². The van der Waals surface area contributed by atoms with Gasteiger partial charge < -0.3 is 10.6 Å². The first kappa shape index (κ1) is 10.2. The fourth-order valence-corrected chi connectivity index (χ4v) is 1.92. The molecule has 1 saturated heterocycles. The Morgan fingerprint density at radius 1 is 1.60 bits per heavy atom. The van der Waals surface area contributed by atoms with Crippen LogP contribution in [0.2, 0.25) is 0 Å². The van der Waals surface area contributed by atoms with Crippen LogP contribution in [0.1, 0.15) is 23.2 Å². The lowest BCUT2D eigenvalue weighted by Gasteiger charge is -2.31. The normalized spacial score (nSPS) is 18.1. The van der Waals surface area contributed by atoms with E-state index in [1.165, 1.54) is 0 Å². The number of nitrogens with zero attached hydrogens (tertiary/aromatic N) is 2. The molecule has 0 aromatic carbocycles. The summed E-state index contributed by atoms with van der Waals surface area (Å²) < 4.78 is 0. The maximum absolute atomic E-state index is 11.9. The van der Waals surface area contributed by atoms with Crippen LogP contribution in [0.25, 0.3) is 0 Å². The van der Waals surface area contributed by atoms with Crippen molar-refractivity contribution in [1.82, 2.24) is 15.1 Å². The first-order chi connectivity index (χ1) is 7.31. The Morgan fingerprint density at radius 3 is 2.87 bits per heavy atom. The van der Waals surface area contributed by atoms with Crippen molar-refractivity contribution in [2.24, 2.45) is 11.7 Å². The first-order valence-electron chi connectivity index (χ1n) is 5.29. The largest absolute Gasteiger partial charge is 0.339 e. The second-order valence-corrected chi connectivity index (χ2v) is 3.96. The minimum atomic E-state index is 0.0687. The van der Waals surface area contributed by atoms with Gasteiger partial charge in [0.05, 0.1) is 11.8 Å². The molecule has 2 heterocycles. The number of aromatic nitrogens is 2. The third-order valence-corrected chi connectivity index (χ3v) is 2.98. The summed E-state index contributed by atoms with van der Waals surface area (Å²) in [7, 11) is 0. The molecule has 1 aliphatic heterocycles. The van der Waals surface area contributed by atoms with Crippen LogP contribution in [0.5, 0.6) is 0 Å². The molecular weight excluding hydrogens is 192 g/mol. The highest BCUT2D eigenvalue weighted by atomic mass is 16.2. The molecule has 5 heteroatoms. The Bertz CT molecular complexity index is 314. The molecule has 0 saturated carbocycles. The summed E-state index contributed by atoms with van der Waals surface area (Å²) in [5.74, 6) is 0.651. The zero-order valence-corrected chi connectivity index (χ0v) is 8.65. The van der Waals surface area contributed by atoms with Crippen LogP contribution in [0, 0.1) is 5.92 Å². The number of hydrogen-bond donors (Lipinski definition) is 2. The summed E-state index contributed by atoms with van der Waals surface area (Å²) in [6, 6.07) is 0. The van der Waals surface area contributed by atoms with Gasteiger partial charge in [-0.3, -0.25) is 9.89 Å². The molecule has 0 unspecified atom stereocenters. The molecule has 0 spiro atoms. The molecule has 1 aromatic heterocycles. The summed E-state index contributed by atoms with van der Waals surface area (Å²) >= 11 is 0. The summed E-state index contributed by atoms with van der Waals surface area (Å²) in [5, 5.41) is 6.43. The van der Waals surface area contributed by atoms with Gasteiger partial charge in [-0.2, -0.15) is 5.10 Å². The van der Waals surface area contributed by atoms with E-state index in [1.807, 2.05) is 4.90 Å². The first-order valence-corrected chi connectivity index (χ1v) is 5.29. The number of piperidine rings is 1. The highest BCUT2D eigenvalue weighted by Gasteiger charge is 2.22. The maximum atomic E-state index is 11.9. The van der Waals surface area contributed by atoms with Crippen molar-refractivity contribution in [3.05, 3.63) is 18.0 Å². The van der Waals surface area contributed by atoms with Crippen molar-refractivity contribution in [3.63, 3.8) is 0 Å². The van der Waals surface area contributed by atoms with Crippen LogP contribution in [0.3, 0.4) is 0 Å². The standard InChI is InChI=1S/C10H16N4O/c11-5-8-1-3-14(4-2-8)10(15)9-6-12-13-7-9/h6-8H,1-5,11H2,(H,12,13). The molecule has 0 bridgehead atoms. The fraction of sp³-hybridized carbons (Fsp3) is 0.600. The summed E-state index contributed by atoms with van der Waals surface area (Å²) in [6.07, 6.45) is 5.23. The van der Waals surface area contributed by atoms with Gasteiger partial charge in [0, 0.05) is 19.3 Å². The van der Waals surface area contributed by atoms with E-state index in [4.69, 9.17) is 5.73 Å². The highest BCUT2D eigenvalue weighted by molar-refractivity contribution is 5.93. The quantitative estimate of drug-likeness (QED) is 0.730. The van der Waals surface area contributed by atoms with Gasteiger partial charge in [0.25, 0.3) is 5.91 Å². The van der Waals surface area contributed by atoms with Crippen molar-refractivity contribution in [1.29, 1.82) is 0 Å². The number of H-pyrrole nitrogens is 1. The van der Waals surface area contributed by atoms with Gasteiger partial charge in [0.15, 0.2) is 0 Å². The Morgan fingerprint density at radius 2 is 2.33 bits per heavy atom. The van der Waals surface area contributed by atoms with Gasteiger partial charge in [-0.15, -0.1) is 0 Å². The average molecular weight is 208 g/mol. The molecule has 1 fully saturated rings. The van der Waals surface area contributed by atoms with E-state index in [-0.39, 0.29) is 5.91 Å². The van der Waals surface area contributed by atoms with E-state index in [0.717, 1.165) is 32.5 Å². The number of nitrogens with one attached hydrogen (secondary N) is 1. The molecule has 5 nitrogen and oxygen atoms in total. The van der Waals surface area contributed by atoms with Crippen molar-refractivity contribution in [3.8, 4) is 0 Å². The van der Waals surface area contributed by atoms with Crippen LogP contribution in [-0.2, 0) is 0 Å². The SMILES string of the molecule is NCC1CCN(C(=O)c2cn[nH]c2)CC1. The highest BCUT2D eigenvalue weighted by Crippen LogP contribution is 2.17. The lowest BCUT2D eigenvalue weighted by Crippen LogP contribution is -2.39. The van der Waals surface area contributed by atoms with E-state index in [0.29, 0.717) is 11.5 Å². The molecule has 1 aromatic rings. The number of rotatable bonds is 2. The zero-order valence-electron chi connectivity index (χ0n) is 8.65. The van der Waals surface area contributed by atoms with E-state index >= 15 is 0 Å². The number of carbonyl (C=O) groups excluding carboxylic acids is 1. The number of hydrogen-bond acceptors (Lipinski definition) is 3. The van der Waals surface area contributed by atoms with E-state index < -0.39 is 0 Å². The topological polar surface area (TPSA) is 75.0 Å². The second-order valence-electron chi connectivity index (χ2n) is 3.96. The zero-order chi connectivity index (χ0) is 10.7. The van der Waals surface area contributed by atoms with E-state index in [9.17, 15) is 4.79 Å². The summed E-state index contributed by atoms with van der Waals surface area (Å²) in [5.41, 5.74) is 6.24. The molecule has 3 N–H and O–H groups in total. The Labute approximate surface area is 88.6 Å². The predicted octanol–water partition coefficient (Wildman–Crippen LogP) is 0.221. The maximum Gasteiger partial charge on any atom is 0.257 e. The van der Waals surface area contributed by atoms with Gasteiger partial charge in [0.2, 0.25) is 0 Å². The van der Waals surface area contributed by atoms with Gasteiger partial charge in [-0.1, -0.05) is 0 Å². The van der Waals surface area contributed by atoms with Crippen LogP contribution in [0.15, 0.2) is 12.4 Å². The Kier molecular flexibility index (Phi) is 3.01. The Balaban J connectivity index is 1.93. The van der Waals surface area contributed by atoms with Crippen molar-refractivity contribution >= 4 is 5.91 Å².